The van der Waals surface area contributed by atoms with Gasteiger partial charge in [-0.25, -0.2) is 0 Å². The Morgan fingerprint density at radius 3 is 2.57 bits per heavy atom. The lowest BCUT2D eigenvalue weighted by atomic mass is 9.86. The van der Waals surface area contributed by atoms with E-state index < -0.39 is 11.7 Å². The summed E-state index contributed by atoms with van der Waals surface area (Å²) in [5.41, 5.74) is 0.608. The lowest BCUT2D eigenvalue weighted by Gasteiger charge is -2.24. The number of aliphatic hydroxyl groups excluding tert-OH is 1. The van der Waals surface area contributed by atoms with Crippen LogP contribution in [0.3, 0.4) is 0 Å². The predicted octanol–water partition coefficient (Wildman–Crippen LogP) is 3.96. The molecular weight excluding hydrogens is 288 g/mol. The first-order valence-electron chi connectivity index (χ1n) is 8.59. The zero-order valence-electron chi connectivity index (χ0n) is 15.0. The van der Waals surface area contributed by atoms with Crippen LogP contribution in [0.25, 0.3) is 0 Å². The van der Waals surface area contributed by atoms with E-state index in [0.29, 0.717) is 30.8 Å². The van der Waals surface area contributed by atoms with Crippen LogP contribution in [0.2, 0.25) is 0 Å². The first kappa shape index (κ1) is 19.9. The van der Waals surface area contributed by atoms with Gasteiger partial charge in [0, 0.05) is 12.8 Å². The number of carbonyl (C=O) groups is 1. The Balaban J connectivity index is 3.01. The summed E-state index contributed by atoms with van der Waals surface area (Å²) in [5, 5.41) is 20.6. The summed E-state index contributed by atoms with van der Waals surface area (Å²) in [6, 6.07) is 0. The molecule has 2 N–H and O–H groups in total. The van der Waals surface area contributed by atoms with Crippen LogP contribution in [0, 0.1) is 11.8 Å². The minimum absolute atomic E-state index is 0.114. The number of rotatable bonds is 1. The van der Waals surface area contributed by atoms with E-state index in [-0.39, 0.29) is 18.1 Å². The highest BCUT2D eigenvalue weighted by molar-refractivity contribution is 5.94. The Labute approximate surface area is 140 Å². The molecule has 0 bridgehead atoms. The van der Waals surface area contributed by atoms with Gasteiger partial charge in [0.05, 0.1) is 11.7 Å². The minimum Gasteiger partial charge on any atom is -0.389 e. The van der Waals surface area contributed by atoms with E-state index in [9.17, 15) is 15.0 Å². The van der Waals surface area contributed by atoms with Crippen molar-refractivity contribution in [2.75, 3.05) is 0 Å². The Morgan fingerprint density at radius 1 is 1.30 bits per heavy atom. The molecule has 3 atom stereocenters. The standard InChI is InChI=1S/C20H32O3/c1-14(2)17-8-7-16(4)19(22)9-6-15(3)12-18(21)13-20(5,23)11-10-17/h10-12,14,17-18,21,23H,4,6-9,13H2,1-3,5H3. The quantitative estimate of drug-likeness (QED) is 0.568. The van der Waals surface area contributed by atoms with E-state index in [1.54, 1.807) is 19.1 Å². The molecule has 23 heavy (non-hydrogen) atoms. The highest BCUT2D eigenvalue weighted by Crippen LogP contribution is 2.25. The average molecular weight is 320 g/mol. The maximum absolute atomic E-state index is 12.1. The summed E-state index contributed by atoms with van der Waals surface area (Å²) in [6.45, 7) is 11.8. The van der Waals surface area contributed by atoms with Crippen LogP contribution in [0.15, 0.2) is 36.0 Å². The van der Waals surface area contributed by atoms with Crippen LogP contribution in [0.4, 0.5) is 0 Å². The first-order valence-corrected chi connectivity index (χ1v) is 8.59. The molecule has 0 spiro atoms. The molecule has 3 heteroatoms. The van der Waals surface area contributed by atoms with Crippen molar-refractivity contribution < 1.29 is 15.0 Å². The minimum atomic E-state index is -1.04. The second-order valence-electron chi connectivity index (χ2n) is 7.47. The summed E-state index contributed by atoms with van der Waals surface area (Å²) in [5.74, 6) is 0.816. The topological polar surface area (TPSA) is 57.5 Å². The molecule has 0 saturated heterocycles. The summed E-state index contributed by atoms with van der Waals surface area (Å²) in [4.78, 5) is 12.1. The number of Topliss-reactive ketones (excluding diaryl/α,β-unsaturated/α-hetero) is 1. The zero-order chi connectivity index (χ0) is 17.6. The Kier molecular flexibility index (Phi) is 7.43. The smallest absolute Gasteiger partial charge is 0.158 e. The van der Waals surface area contributed by atoms with Gasteiger partial charge in [-0.15, -0.1) is 0 Å². The Hall–Kier alpha value is -1.19. The molecule has 0 radical (unpaired) electrons. The van der Waals surface area contributed by atoms with Gasteiger partial charge in [-0.3, -0.25) is 4.79 Å². The molecule has 3 unspecified atom stereocenters. The molecule has 0 aromatic carbocycles. The van der Waals surface area contributed by atoms with Crippen LogP contribution in [0.1, 0.15) is 59.8 Å². The van der Waals surface area contributed by atoms with Gasteiger partial charge in [0.1, 0.15) is 0 Å². The summed E-state index contributed by atoms with van der Waals surface area (Å²) in [7, 11) is 0. The van der Waals surface area contributed by atoms with Crippen LogP contribution >= 0.6 is 0 Å². The van der Waals surface area contributed by atoms with Crippen molar-refractivity contribution >= 4 is 5.78 Å². The molecule has 0 fully saturated rings. The van der Waals surface area contributed by atoms with Gasteiger partial charge in [0.25, 0.3) is 0 Å². The SMILES string of the molecule is C=C1CCC(C(C)C)C=CC(C)(O)CC(O)C=C(C)CCC1=O. The van der Waals surface area contributed by atoms with E-state index in [4.69, 9.17) is 0 Å². The van der Waals surface area contributed by atoms with Gasteiger partial charge in [-0.2, -0.15) is 0 Å². The molecule has 0 aliphatic heterocycles. The van der Waals surface area contributed by atoms with Crippen LogP contribution in [-0.4, -0.2) is 27.7 Å². The Morgan fingerprint density at radius 2 is 1.96 bits per heavy atom. The predicted molar refractivity (Wildman–Crippen MR) is 95.1 cm³/mol. The van der Waals surface area contributed by atoms with Crippen molar-refractivity contribution in [2.24, 2.45) is 11.8 Å². The zero-order valence-corrected chi connectivity index (χ0v) is 15.0. The fourth-order valence-electron chi connectivity index (χ4n) is 2.91. The Bertz CT molecular complexity index is 483. The highest BCUT2D eigenvalue weighted by Gasteiger charge is 2.22. The second-order valence-corrected chi connectivity index (χ2v) is 7.47. The van der Waals surface area contributed by atoms with E-state index in [2.05, 4.69) is 20.4 Å². The summed E-state index contributed by atoms with van der Waals surface area (Å²) in [6.07, 6.45) is 7.71. The van der Waals surface area contributed by atoms with E-state index in [1.807, 2.05) is 13.0 Å². The third-order valence-electron chi connectivity index (χ3n) is 4.58. The van der Waals surface area contributed by atoms with E-state index in [0.717, 1.165) is 12.0 Å². The van der Waals surface area contributed by atoms with Crippen molar-refractivity contribution in [3.05, 3.63) is 36.0 Å². The van der Waals surface area contributed by atoms with Gasteiger partial charge >= 0.3 is 0 Å². The number of hydrogen-bond donors (Lipinski definition) is 2. The molecule has 1 aliphatic carbocycles. The molecule has 1 aliphatic rings. The first-order chi connectivity index (χ1) is 10.6. The van der Waals surface area contributed by atoms with Gasteiger partial charge in [-0.05, 0) is 50.5 Å². The second kappa shape index (κ2) is 8.60. The number of aliphatic hydroxyl groups is 2. The van der Waals surface area contributed by atoms with Crippen molar-refractivity contribution in [1.82, 2.24) is 0 Å². The van der Waals surface area contributed by atoms with Crippen molar-refractivity contribution in [3.63, 3.8) is 0 Å². The number of carbonyl (C=O) groups excluding carboxylic acids is 1. The van der Waals surface area contributed by atoms with Crippen LogP contribution in [0.5, 0.6) is 0 Å². The lowest BCUT2D eigenvalue weighted by molar-refractivity contribution is -0.115. The van der Waals surface area contributed by atoms with E-state index >= 15 is 0 Å². The molecule has 0 heterocycles. The molecule has 0 saturated carbocycles. The normalized spacial score (nSPS) is 31.9. The summed E-state index contributed by atoms with van der Waals surface area (Å²) >= 11 is 0. The largest absolute Gasteiger partial charge is 0.389 e. The fraction of sp³-hybridized carbons (Fsp3) is 0.650. The third-order valence-corrected chi connectivity index (χ3v) is 4.58. The molecular formula is C20H32O3. The van der Waals surface area contributed by atoms with Crippen molar-refractivity contribution in [2.45, 2.75) is 71.5 Å². The number of ketones is 1. The van der Waals surface area contributed by atoms with Gasteiger partial charge in [0.2, 0.25) is 0 Å². The maximum atomic E-state index is 12.1. The van der Waals surface area contributed by atoms with Crippen molar-refractivity contribution in [3.8, 4) is 0 Å². The molecule has 0 aromatic rings. The highest BCUT2D eigenvalue weighted by atomic mass is 16.3. The van der Waals surface area contributed by atoms with Gasteiger partial charge < -0.3 is 10.2 Å². The maximum Gasteiger partial charge on any atom is 0.158 e. The van der Waals surface area contributed by atoms with Crippen molar-refractivity contribution in [1.29, 1.82) is 0 Å². The number of allylic oxidation sites excluding steroid dienone is 3. The van der Waals surface area contributed by atoms with E-state index in [1.165, 1.54) is 0 Å². The third kappa shape index (κ3) is 7.28. The molecule has 0 aromatic heterocycles. The summed E-state index contributed by atoms with van der Waals surface area (Å²) < 4.78 is 0. The number of hydrogen-bond acceptors (Lipinski definition) is 3. The van der Waals surface area contributed by atoms with Crippen LogP contribution in [-0.2, 0) is 4.79 Å². The fourth-order valence-corrected chi connectivity index (χ4v) is 2.91. The lowest BCUT2D eigenvalue weighted by Crippen LogP contribution is -2.27. The van der Waals surface area contributed by atoms with Gasteiger partial charge in [0.15, 0.2) is 5.78 Å². The van der Waals surface area contributed by atoms with Gasteiger partial charge in [-0.1, -0.05) is 44.2 Å². The molecule has 0 amide bonds. The average Bonchev–Trinajstić information content (AvgIpc) is 2.42. The van der Waals surface area contributed by atoms with Crippen LogP contribution < -0.4 is 0 Å². The molecule has 1 rings (SSSR count). The monoisotopic (exact) mass is 320 g/mol. The molecule has 130 valence electrons. The molecule has 3 nitrogen and oxygen atoms in total.